The molecule has 4 heteroatoms. The van der Waals surface area contributed by atoms with Crippen molar-refractivity contribution in [2.75, 3.05) is 0 Å². The number of esters is 1. The second-order valence-electron chi connectivity index (χ2n) is 5.83. The van der Waals surface area contributed by atoms with Crippen LogP contribution in [0.5, 0.6) is 5.75 Å². The van der Waals surface area contributed by atoms with Crippen LogP contribution in [-0.4, -0.2) is 18.2 Å². The van der Waals surface area contributed by atoms with Crippen LogP contribution in [0.25, 0.3) is 11.1 Å². The van der Waals surface area contributed by atoms with Crippen molar-refractivity contribution in [2.45, 2.75) is 32.5 Å². The summed E-state index contributed by atoms with van der Waals surface area (Å²) in [5, 5.41) is 8.85. The molecular weight excluding hydrogens is 314 g/mol. The molecule has 4 nitrogen and oxygen atoms in total. The maximum Gasteiger partial charge on any atom is 0.330 e. The SMILES string of the molecule is C=CC(=O)OC(C)CC(C)Oc1ccc(-c2ccc(C#N)cc2)cc1. The Hall–Kier alpha value is -3.06. The fraction of sp³-hybridized carbons (Fsp3) is 0.238. The summed E-state index contributed by atoms with van der Waals surface area (Å²) in [4.78, 5) is 11.2. The van der Waals surface area contributed by atoms with Gasteiger partial charge in [-0.25, -0.2) is 4.79 Å². The topological polar surface area (TPSA) is 59.3 Å². The predicted octanol–water partition coefficient (Wildman–Crippen LogP) is 4.50. The maximum atomic E-state index is 11.2. The average molecular weight is 335 g/mol. The van der Waals surface area contributed by atoms with Crippen molar-refractivity contribution in [3.8, 4) is 22.9 Å². The van der Waals surface area contributed by atoms with Gasteiger partial charge in [-0.2, -0.15) is 5.26 Å². The Morgan fingerprint density at radius 3 is 2.16 bits per heavy atom. The van der Waals surface area contributed by atoms with Crippen molar-refractivity contribution < 1.29 is 14.3 Å². The molecule has 0 amide bonds. The number of ether oxygens (including phenoxy) is 2. The molecule has 0 radical (unpaired) electrons. The highest BCUT2D eigenvalue weighted by atomic mass is 16.5. The highest BCUT2D eigenvalue weighted by Gasteiger charge is 2.13. The van der Waals surface area contributed by atoms with Gasteiger partial charge >= 0.3 is 5.97 Å². The molecule has 128 valence electrons. The van der Waals surface area contributed by atoms with Crippen LogP contribution in [0.3, 0.4) is 0 Å². The Kier molecular flexibility index (Phi) is 6.36. The fourth-order valence-corrected chi connectivity index (χ4v) is 2.51. The lowest BCUT2D eigenvalue weighted by molar-refractivity contribution is -0.143. The van der Waals surface area contributed by atoms with E-state index in [0.717, 1.165) is 23.0 Å². The van der Waals surface area contributed by atoms with Crippen molar-refractivity contribution in [2.24, 2.45) is 0 Å². The van der Waals surface area contributed by atoms with Gasteiger partial charge < -0.3 is 9.47 Å². The van der Waals surface area contributed by atoms with Crippen LogP contribution in [0.1, 0.15) is 25.8 Å². The van der Waals surface area contributed by atoms with Crippen LogP contribution in [-0.2, 0) is 9.53 Å². The molecule has 2 atom stereocenters. The summed E-state index contributed by atoms with van der Waals surface area (Å²) in [7, 11) is 0. The van der Waals surface area contributed by atoms with Crippen molar-refractivity contribution in [3.05, 3.63) is 66.7 Å². The van der Waals surface area contributed by atoms with Gasteiger partial charge in [0.15, 0.2) is 0 Å². The first-order chi connectivity index (χ1) is 12.0. The Morgan fingerprint density at radius 1 is 1.08 bits per heavy atom. The summed E-state index contributed by atoms with van der Waals surface area (Å²) in [5.41, 5.74) is 2.74. The fourth-order valence-electron chi connectivity index (χ4n) is 2.51. The molecule has 25 heavy (non-hydrogen) atoms. The average Bonchev–Trinajstić information content (AvgIpc) is 2.62. The molecule has 0 spiro atoms. The molecule has 0 saturated heterocycles. The molecular formula is C21H21NO3. The molecule has 0 aliphatic carbocycles. The Morgan fingerprint density at radius 2 is 1.64 bits per heavy atom. The number of carbonyl (C=O) groups excluding carboxylic acids is 1. The number of nitriles is 1. The Bertz CT molecular complexity index is 757. The highest BCUT2D eigenvalue weighted by molar-refractivity contribution is 5.81. The molecule has 0 aliphatic rings. The van der Waals surface area contributed by atoms with Crippen LogP contribution in [0.4, 0.5) is 0 Å². The van der Waals surface area contributed by atoms with Gasteiger partial charge in [0.05, 0.1) is 17.7 Å². The molecule has 2 rings (SSSR count). The molecule has 0 N–H and O–H groups in total. The molecule has 0 bridgehead atoms. The van der Waals surface area contributed by atoms with E-state index >= 15 is 0 Å². The quantitative estimate of drug-likeness (QED) is 0.552. The minimum absolute atomic E-state index is 0.0895. The first kappa shape index (κ1) is 18.3. The van der Waals surface area contributed by atoms with E-state index in [4.69, 9.17) is 14.7 Å². The Balaban J connectivity index is 1.94. The summed E-state index contributed by atoms with van der Waals surface area (Å²) in [6.45, 7) is 7.15. The molecule has 2 aromatic carbocycles. The van der Waals surface area contributed by atoms with Gasteiger partial charge in [-0.15, -0.1) is 0 Å². The summed E-state index contributed by atoms with van der Waals surface area (Å²) < 4.78 is 11.0. The zero-order chi connectivity index (χ0) is 18.2. The van der Waals surface area contributed by atoms with Crippen molar-refractivity contribution in [3.63, 3.8) is 0 Å². The number of benzene rings is 2. The monoisotopic (exact) mass is 335 g/mol. The van der Waals surface area contributed by atoms with Crippen LogP contribution in [0.2, 0.25) is 0 Å². The second-order valence-corrected chi connectivity index (χ2v) is 5.83. The zero-order valence-corrected chi connectivity index (χ0v) is 14.4. The van der Waals surface area contributed by atoms with E-state index in [9.17, 15) is 4.79 Å². The minimum Gasteiger partial charge on any atom is -0.491 e. The Labute approximate surface area is 148 Å². The molecule has 0 saturated carbocycles. The van der Waals surface area contributed by atoms with E-state index in [1.54, 1.807) is 12.1 Å². The van der Waals surface area contributed by atoms with Crippen molar-refractivity contribution >= 4 is 5.97 Å². The van der Waals surface area contributed by atoms with E-state index in [1.807, 2.05) is 50.2 Å². The first-order valence-electron chi connectivity index (χ1n) is 8.12. The molecule has 0 aromatic heterocycles. The van der Waals surface area contributed by atoms with Gasteiger partial charge in [-0.3, -0.25) is 0 Å². The van der Waals surface area contributed by atoms with Gasteiger partial charge in [0.25, 0.3) is 0 Å². The van der Waals surface area contributed by atoms with Crippen LogP contribution in [0.15, 0.2) is 61.2 Å². The first-order valence-corrected chi connectivity index (χ1v) is 8.12. The maximum absolute atomic E-state index is 11.2. The highest BCUT2D eigenvalue weighted by Crippen LogP contribution is 2.23. The van der Waals surface area contributed by atoms with Crippen LogP contribution in [0, 0.1) is 11.3 Å². The van der Waals surface area contributed by atoms with E-state index < -0.39 is 5.97 Å². The molecule has 0 heterocycles. The predicted molar refractivity (Wildman–Crippen MR) is 97.1 cm³/mol. The minimum atomic E-state index is -0.425. The number of hydrogen-bond donors (Lipinski definition) is 0. The van der Waals surface area contributed by atoms with Crippen LogP contribution >= 0.6 is 0 Å². The number of hydrogen-bond acceptors (Lipinski definition) is 4. The van der Waals surface area contributed by atoms with Gasteiger partial charge in [0, 0.05) is 12.5 Å². The third-order valence-corrected chi connectivity index (χ3v) is 3.69. The number of nitrogens with zero attached hydrogens (tertiary/aromatic N) is 1. The summed E-state index contributed by atoms with van der Waals surface area (Å²) in [5.74, 6) is 0.332. The molecule has 0 aliphatic heterocycles. The van der Waals surface area contributed by atoms with Crippen molar-refractivity contribution in [1.82, 2.24) is 0 Å². The number of rotatable bonds is 7. The van der Waals surface area contributed by atoms with Crippen molar-refractivity contribution in [1.29, 1.82) is 5.26 Å². The molecule has 2 aromatic rings. The zero-order valence-electron chi connectivity index (χ0n) is 14.4. The van der Waals surface area contributed by atoms with Gasteiger partial charge in [0.1, 0.15) is 11.9 Å². The third-order valence-electron chi connectivity index (χ3n) is 3.69. The van der Waals surface area contributed by atoms with Crippen LogP contribution < -0.4 is 4.74 Å². The van der Waals surface area contributed by atoms with E-state index in [1.165, 1.54) is 0 Å². The lowest BCUT2D eigenvalue weighted by atomic mass is 10.0. The summed E-state index contributed by atoms with van der Waals surface area (Å²) in [6, 6.07) is 17.3. The van der Waals surface area contributed by atoms with Gasteiger partial charge in [-0.1, -0.05) is 30.8 Å². The van der Waals surface area contributed by atoms with E-state index in [-0.39, 0.29) is 12.2 Å². The molecule has 2 unspecified atom stereocenters. The summed E-state index contributed by atoms with van der Waals surface area (Å²) >= 11 is 0. The lowest BCUT2D eigenvalue weighted by Crippen LogP contribution is -2.22. The lowest BCUT2D eigenvalue weighted by Gasteiger charge is -2.19. The van der Waals surface area contributed by atoms with Gasteiger partial charge in [0.2, 0.25) is 0 Å². The standard InChI is InChI=1S/C21H21NO3/c1-4-21(23)25-16(3)13-15(2)24-20-11-9-19(10-12-20)18-7-5-17(14-22)6-8-18/h4-12,15-16H,1,13H2,2-3H3. The van der Waals surface area contributed by atoms with Gasteiger partial charge in [-0.05, 0) is 49.2 Å². The second kappa shape index (κ2) is 8.70. The number of carbonyl (C=O) groups is 1. The van der Waals surface area contributed by atoms with E-state index in [2.05, 4.69) is 12.6 Å². The van der Waals surface area contributed by atoms with E-state index in [0.29, 0.717) is 12.0 Å². The largest absolute Gasteiger partial charge is 0.491 e. The smallest absolute Gasteiger partial charge is 0.330 e. The summed E-state index contributed by atoms with van der Waals surface area (Å²) in [6.07, 6.45) is 1.42. The third kappa shape index (κ3) is 5.50. The molecule has 0 fully saturated rings. The normalized spacial score (nSPS) is 12.5.